The Bertz CT molecular complexity index is 996. The summed E-state index contributed by atoms with van der Waals surface area (Å²) in [6.45, 7) is 3.34. The van der Waals surface area contributed by atoms with Crippen LogP contribution in [0.3, 0.4) is 0 Å². The van der Waals surface area contributed by atoms with Crippen LogP contribution >= 0.6 is 0 Å². The summed E-state index contributed by atoms with van der Waals surface area (Å²) >= 11 is 0. The molecule has 0 bridgehead atoms. The number of hydrogen-bond acceptors (Lipinski definition) is 5. The van der Waals surface area contributed by atoms with Crippen LogP contribution in [0.4, 0.5) is 15.8 Å². The van der Waals surface area contributed by atoms with E-state index in [1.807, 2.05) is 0 Å². The number of hydrogen-bond donors (Lipinski definition) is 1. The van der Waals surface area contributed by atoms with Gasteiger partial charge in [0.15, 0.2) is 0 Å². The number of carbonyl (C=O) groups is 1. The van der Waals surface area contributed by atoms with Gasteiger partial charge >= 0.3 is 5.69 Å². The van der Waals surface area contributed by atoms with Crippen molar-refractivity contribution < 1.29 is 14.1 Å². The molecule has 9 nitrogen and oxygen atoms in total. The second-order valence-electron chi connectivity index (χ2n) is 6.00. The maximum absolute atomic E-state index is 13.7. The van der Waals surface area contributed by atoms with Gasteiger partial charge in [-0.1, -0.05) is 18.2 Å². The number of nitro groups is 1. The average molecular weight is 372 g/mol. The van der Waals surface area contributed by atoms with Crippen molar-refractivity contribution in [3.8, 4) is 0 Å². The van der Waals surface area contributed by atoms with Crippen molar-refractivity contribution in [1.29, 1.82) is 0 Å². The molecule has 1 aromatic carbocycles. The molecule has 1 atom stereocenters. The third kappa shape index (κ3) is 3.84. The van der Waals surface area contributed by atoms with Crippen LogP contribution in [0.2, 0.25) is 0 Å². The Morgan fingerprint density at radius 3 is 2.74 bits per heavy atom. The minimum atomic E-state index is -0.756. The lowest BCUT2D eigenvalue weighted by atomic mass is 10.2. The number of carbonyl (C=O) groups excluding carboxylic acids is 1. The molecule has 1 unspecified atom stereocenters. The van der Waals surface area contributed by atoms with Gasteiger partial charge < -0.3 is 5.32 Å². The number of nitrogens with zero attached hydrogens (tertiary/aromatic N) is 5. The third-order valence-corrected chi connectivity index (χ3v) is 4.15. The predicted molar refractivity (Wildman–Crippen MR) is 94.7 cm³/mol. The smallest absolute Gasteiger partial charge is 0.309 e. The highest BCUT2D eigenvalue weighted by Crippen LogP contribution is 2.21. The molecule has 2 heterocycles. The van der Waals surface area contributed by atoms with Crippen LogP contribution in [0.15, 0.2) is 42.9 Å². The summed E-state index contributed by atoms with van der Waals surface area (Å²) in [6, 6.07) is 5.61. The molecule has 0 aliphatic rings. The lowest BCUT2D eigenvalue weighted by molar-refractivity contribution is -0.385. The van der Waals surface area contributed by atoms with Gasteiger partial charge in [-0.3, -0.25) is 24.3 Å². The largest absolute Gasteiger partial charge is 0.322 e. The fourth-order valence-corrected chi connectivity index (χ4v) is 2.66. The van der Waals surface area contributed by atoms with Gasteiger partial charge in [-0.2, -0.15) is 10.2 Å². The molecule has 0 aliphatic heterocycles. The Labute approximate surface area is 153 Å². The summed E-state index contributed by atoms with van der Waals surface area (Å²) < 4.78 is 16.5. The molecule has 10 heteroatoms. The van der Waals surface area contributed by atoms with E-state index in [4.69, 9.17) is 0 Å². The lowest BCUT2D eigenvalue weighted by Gasteiger charge is -2.13. The van der Waals surface area contributed by atoms with Crippen molar-refractivity contribution in [3.63, 3.8) is 0 Å². The van der Waals surface area contributed by atoms with E-state index in [2.05, 4.69) is 15.5 Å². The van der Waals surface area contributed by atoms with E-state index < -0.39 is 16.9 Å². The van der Waals surface area contributed by atoms with Gasteiger partial charge in [0.25, 0.3) is 0 Å². The van der Waals surface area contributed by atoms with E-state index in [-0.39, 0.29) is 23.7 Å². The summed E-state index contributed by atoms with van der Waals surface area (Å²) in [4.78, 5) is 22.8. The van der Waals surface area contributed by atoms with Crippen molar-refractivity contribution in [2.75, 3.05) is 5.32 Å². The molecular weight excluding hydrogens is 355 g/mol. The van der Waals surface area contributed by atoms with E-state index in [1.54, 1.807) is 31.3 Å². The number of aromatic nitrogens is 4. The first-order valence-corrected chi connectivity index (χ1v) is 8.12. The molecule has 0 fully saturated rings. The fourth-order valence-electron chi connectivity index (χ4n) is 2.66. The lowest BCUT2D eigenvalue weighted by Crippen LogP contribution is -2.25. The summed E-state index contributed by atoms with van der Waals surface area (Å²) in [7, 11) is 0. The third-order valence-electron chi connectivity index (χ3n) is 4.15. The molecule has 140 valence electrons. The van der Waals surface area contributed by atoms with Crippen molar-refractivity contribution in [2.24, 2.45) is 0 Å². The number of amides is 1. The molecule has 0 spiro atoms. The summed E-state index contributed by atoms with van der Waals surface area (Å²) in [5, 5.41) is 21.6. The molecule has 0 saturated carbocycles. The highest BCUT2D eigenvalue weighted by Gasteiger charge is 2.24. The summed E-state index contributed by atoms with van der Waals surface area (Å²) in [6.07, 6.45) is 4.14. The molecule has 1 amide bonds. The quantitative estimate of drug-likeness (QED) is 0.529. The average Bonchev–Trinajstić information content (AvgIpc) is 3.22. The monoisotopic (exact) mass is 372 g/mol. The van der Waals surface area contributed by atoms with Gasteiger partial charge in [-0.05, 0) is 19.9 Å². The highest BCUT2D eigenvalue weighted by molar-refractivity contribution is 5.93. The minimum absolute atomic E-state index is 0.146. The molecule has 2 aromatic heterocycles. The Balaban J connectivity index is 1.69. The van der Waals surface area contributed by atoms with Crippen LogP contribution in [0.25, 0.3) is 0 Å². The van der Waals surface area contributed by atoms with Crippen LogP contribution in [0.5, 0.6) is 0 Å². The SMILES string of the molecule is Cc1c([N+](=O)[O-])cnn1C(C)C(=O)Nc1cnn(Cc2ccccc2F)c1. The highest BCUT2D eigenvalue weighted by atomic mass is 19.1. The number of rotatable bonds is 6. The van der Waals surface area contributed by atoms with Crippen molar-refractivity contribution in [1.82, 2.24) is 19.6 Å². The van der Waals surface area contributed by atoms with Gasteiger partial charge in [-0.15, -0.1) is 0 Å². The molecule has 3 rings (SSSR count). The second-order valence-corrected chi connectivity index (χ2v) is 6.00. The van der Waals surface area contributed by atoms with Gasteiger partial charge in [0.2, 0.25) is 5.91 Å². The van der Waals surface area contributed by atoms with E-state index in [9.17, 15) is 19.3 Å². The van der Waals surface area contributed by atoms with Gasteiger partial charge in [0.05, 0.1) is 23.4 Å². The predicted octanol–water partition coefficient (Wildman–Crippen LogP) is 2.68. The molecule has 0 radical (unpaired) electrons. The molecule has 3 aromatic rings. The fraction of sp³-hybridized carbons (Fsp3) is 0.235. The molecular formula is C17H17FN6O3. The number of nitrogens with one attached hydrogen (secondary N) is 1. The maximum atomic E-state index is 13.7. The van der Waals surface area contributed by atoms with Crippen LogP contribution in [0.1, 0.15) is 24.2 Å². The number of halogens is 1. The zero-order valence-corrected chi connectivity index (χ0v) is 14.7. The summed E-state index contributed by atoms with van der Waals surface area (Å²) in [5.41, 5.74) is 1.05. The molecule has 27 heavy (non-hydrogen) atoms. The van der Waals surface area contributed by atoms with Crippen LogP contribution in [-0.2, 0) is 11.3 Å². The van der Waals surface area contributed by atoms with Crippen molar-refractivity contribution in [3.05, 3.63) is 70.0 Å². The zero-order valence-electron chi connectivity index (χ0n) is 14.7. The standard InChI is InChI=1S/C17H17FN6O3/c1-11-16(24(26)27)8-20-23(11)12(2)17(25)21-14-7-19-22(10-14)9-13-5-3-4-6-15(13)18/h3-8,10,12H,9H2,1-2H3,(H,21,25). The second kappa shape index (κ2) is 7.36. The van der Waals surface area contributed by atoms with Crippen molar-refractivity contribution in [2.45, 2.75) is 26.4 Å². The first-order valence-electron chi connectivity index (χ1n) is 8.12. The Morgan fingerprint density at radius 1 is 1.33 bits per heavy atom. The van der Waals surface area contributed by atoms with E-state index in [1.165, 1.54) is 28.6 Å². The Morgan fingerprint density at radius 2 is 2.07 bits per heavy atom. The zero-order chi connectivity index (χ0) is 19.6. The van der Waals surface area contributed by atoms with Crippen LogP contribution in [-0.4, -0.2) is 30.4 Å². The minimum Gasteiger partial charge on any atom is -0.322 e. The molecule has 0 saturated heterocycles. The number of benzene rings is 1. The van der Waals surface area contributed by atoms with E-state index in [0.29, 0.717) is 11.3 Å². The van der Waals surface area contributed by atoms with Crippen molar-refractivity contribution >= 4 is 17.3 Å². The topological polar surface area (TPSA) is 108 Å². The van der Waals surface area contributed by atoms with E-state index in [0.717, 1.165) is 6.20 Å². The van der Waals surface area contributed by atoms with Gasteiger partial charge in [0, 0.05) is 11.8 Å². The Kier molecular flexibility index (Phi) is 4.97. The number of anilines is 1. The van der Waals surface area contributed by atoms with Crippen LogP contribution in [0, 0.1) is 22.9 Å². The molecule has 1 N–H and O–H groups in total. The van der Waals surface area contributed by atoms with Gasteiger partial charge in [0.1, 0.15) is 23.7 Å². The Hall–Kier alpha value is -3.56. The van der Waals surface area contributed by atoms with Crippen LogP contribution < -0.4 is 5.32 Å². The molecule has 0 aliphatic carbocycles. The maximum Gasteiger partial charge on any atom is 0.309 e. The first-order chi connectivity index (χ1) is 12.9. The first kappa shape index (κ1) is 18.2. The summed E-state index contributed by atoms with van der Waals surface area (Å²) in [5.74, 6) is -0.732. The van der Waals surface area contributed by atoms with E-state index >= 15 is 0 Å². The van der Waals surface area contributed by atoms with Gasteiger partial charge in [-0.25, -0.2) is 4.39 Å². The normalized spacial score (nSPS) is 12.0.